The Bertz CT molecular complexity index is 1010. The molecule has 1 amide bonds. The lowest BCUT2D eigenvalue weighted by Gasteiger charge is -2.37. The Morgan fingerprint density at radius 3 is 2.63 bits per heavy atom. The zero-order valence-electron chi connectivity index (χ0n) is 17.3. The second kappa shape index (κ2) is 8.39. The molecule has 4 rings (SSSR count). The molecule has 0 spiro atoms. The van der Waals surface area contributed by atoms with Crippen LogP contribution in [0.15, 0.2) is 28.8 Å². The van der Waals surface area contributed by atoms with Gasteiger partial charge in [0.05, 0.1) is 22.8 Å². The zero-order chi connectivity index (χ0) is 21.3. The topological polar surface area (TPSA) is 93.0 Å². The summed E-state index contributed by atoms with van der Waals surface area (Å²) in [6.45, 7) is 6.65. The molecule has 0 N–H and O–H groups in total. The molecule has 2 aliphatic heterocycles. The van der Waals surface area contributed by atoms with Crippen molar-refractivity contribution in [3.05, 3.63) is 46.8 Å². The number of piperazine rings is 1. The van der Waals surface area contributed by atoms with Crippen LogP contribution in [0.2, 0.25) is 0 Å². The van der Waals surface area contributed by atoms with Gasteiger partial charge in [-0.25, -0.2) is 8.42 Å². The van der Waals surface area contributed by atoms with E-state index in [4.69, 9.17) is 9.26 Å². The van der Waals surface area contributed by atoms with E-state index in [2.05, 4.69) is 10.1 Å². The lowest BCUT2D eigenvalue weighted by atomic mass is 10.1. The molecule has 0 unspecified atom stereocenters. The first-order valence-corrected chi connectivity index (χ1v) is 12.0. The molecule has 8 nitrogen and oxygen atoms in total. The zero-order valence-corrected chi connectivity index (χ0v) is 18.2. The highest BCUT2D eigenvalue weighted by atomic mass is 32.2. The van der Waals surface area contributed by atoms with Crippen LogP contribution in [-0.4, -0.2) is 73.0 Å². The molecule has 1 atom stereocenters. The molecule has 30 heavy (non-hydrogen) atoms. The van der Waals surface area contributed by atoms with Gasteiger partial charge in [-0.1, -0.05) is 11.2 Å². The van der Waals surface area contributed by atoms with Crippen molar-refractivity contribution in [3.63, 3.8) is 0 Å². The van der Waals surface area contributed by atoms with E-state index in [9.17, 15) is 13.2 Å². The van der Waals surface area contributed by atoms with Gasteiger partial charge in [0.15, 0.2) is 9.84 Å². The van der Waals surface area contributed by atoms with Crippen LogP contribution in [0, 0.1) is 13.8 Å². The second-order valence-corrected chi connectivity index (χ2v) is 10.2. The highest BCUT2D eigenvalue weighted by Gasteiger charge is 2.34. The third kappa shape index (κ3) is 4.52. The fourth-order valence-electron chi connectivity index (χ4n) is 4.12. The third-order valence-electron chi connectivity index (χ3n) is 5.97. The molecule has 0 saturated carbocycles. The van der Waals surface area contributed by atoms with Gasteiger partial charge in [-0.3, -0.25) is 9.69 Å². The fourth-order valence-corrected chi connectivity index (χ4v) is 5.88. The number of nitrogens with zero attached hydrogens (tertiary/aromatic N) is 3. The van der Waals surface area contributed by atoms with E-state index >= 15 is 0 Å². The molecule has 3 heterocycles. The van der Waals surface area contributed by atoms with Crippen LogP contribution in [-0.2, 0) is 16.4 Å². The monoisotopic (exact) mass is 433 g/mol. The van der Waals surface area contributed by atoms with Crippen molar-refractivity contribution >= 4 is 15.7 Å². The average Bonchev–Trinajstić information content (AvgIpc) is 3.27. The molecule has 1 aromatic carbocycles. The van der Waals surface area contributed by atoms with Gasteiger partial charge in [0.1, 0.15) is 18.1 Å². The smallest absolute Gasteiger partial charge is 0.254 e. The minimum absolute atomic E-state index is 0.0310. The van der Waals surface area contributed by atoms with E-state index in [1.54, 1.807) is 12.1 Å². The molecular formula is C21H27N3O5S. The van der Waals surface area contributed by atoms with Gasteiger partial charge >= 0.3 is 0 Å². The summed E-state index contributed by atoms with van der Waals surface area (Å²) in [5.41, 5.74) is 2.30. The number of sulfone groups is 1. The Morgan fingerprint density at radius 2 is 2.00 bits per heavy atom. The number of rotatable bonds is 5. The van der Waals surface area contributed by atoms with Crippen LogP contribution in [0.1, 0.15) is 33.8 Å². The number of hydrogen-bond acceptors (Lipinski definition) is 7. The van der Waals surface area contributed by atoms with Crippen molar-refractivity contribution in [1.29, 1.82) is 0 Å². The van der Waals surface area contributed by atoms with Crippen LogP contribution >= 0.6 is 0 Å². The molecular weight excluding hydrogens is 406 g/mol. The van der Waals surface area contributed by atoms with E-state index in [0.717, 1.165) is 17.0 Å². The summed E-state index contributed by atoms with van der Waals surface area (Å²) in [5.74, 6) is 1.84. The van der Waals surface area contributed by atoms with Gasteiger partial charge in [0.2, 0.25) is 0 Å². The second-order valence-electron chi connectivity index (χ2n) is 8.00. The Kier molecular flexibility index (Phi) is 5.84. The summed E-state index contributed by atoms with van der Waals surface area (Å²) < 4.78 is 34.5. The van der Waals surface area contributed by atoms with E-state index in [-0.39, 0.29) is 23.5 Å². The number of benzene rings is 1. The number of hydrogen-bond donors (Lipinski definition) is 0. The first-order chi connectivity index (χ1) is 14.3. The highest BCUT2D eigenvalue weighted by molar-refractivity contribution is 7.91. The average molecular weight is 434 g/mol. The SMILES string of the molecule is Cc1noc(C)c1COc1cccc(C(=O)N2CCN([C@H]3CCS(=O)(=O)C3)CC2)c1. The highest BCUT2D eigenvalue weighted by Crippen LogP contribution is 2.22. The molecule has 2 saturated heterocycles. The normalized spacial score (nSPS) is 21.7. The van der Waals surface area contributed by atoms with Crippen molar-refractivity contribution in [2.45, 2.75) is 32.9 Å². The maximum Gasteiger partial charge on any atom is 0.254 e. The van der Waals surface area contributed by atoms with Gasteiger partial charge in [-0.05, 0) is 38.5 Å². The van der Waals surface area contributed by atoms with Crippen molar-refractivity contribution in [2.24, 2.45) is 0 Å². The predicted molar refractivity (Wildman–Crippen MR) is 111 cm³/mol. The maximum absolute atomic E-state index is 13.0. The van der Waals surface area contributed by atoms with Crippen molar-refractivity contribution in [3.8, 4) is 5.75 Å². The number of ether oxygens (including phenoxy) is 1. The number of amides is 1. The summed E-state index contributed by atoms with van der Waals surface area (Å²) in [5, 5.41) is 3.92. The van der Waals surface area contributed by atoms with Crippen molar-refractivity contribution < 1.29 is 22.5 Å². The van der Waals surface area contributed by atoms with Crippen LogP contribution in [0.5, 0.6) is 5.75 Å². The maximum atomic E-state index is 13.0. The molecule has 0 aliphatic carbocycles. The summed E-state index contributed by atoms with van der Waals surface area (Å²) in [7, 11) is -2.90. The van der Waals surface area contributed by atoms with Crippen LogP contribution < -0.4 is 4.74 Å². The van der Waals surface area contributed by atoms with Gasteiger partial charge in [-0.15, -0.1) is 0 Å². The number of carbonyl (C=O) groups is 1. The number of aromatic nitrogens is 1. The summed E-state index contributed by atoms with van der Waals surface area (Å²) >= 11 is 0. The molecule has 9 heteroatoms. The predicted octanol–water partition coefficient (Wildman–Crippen LogP) is 1.82. The molecule has 2 aromatic rings. The van der Waals surface area contributed by atoms with E-state index in [0.29, 0.717) is 50.5 Å². The Hall–Kier alpha value is -2.39. The quantitative estimate of drug-likeness (QED) is 0.710. The van der Waals surface area contributed by atoms with Gasteiger partial charge in [-0.2, -0.15) is 0 Å². The first kappa shape index (κ1) is 20.9. The number of aryl methyl sites for hydroxylation is 2. The lowest BCUT2D eigenvalue weighted by Crippen LogP contribution is -2.52. The van der Waals surface area contributed by atoms with Crippen molar-refractivity contribution in [1.82, 2.24) is 15.0 Å². The minimum atomic E-state index is -2.90. The fraction of sp³-hybridized carbons (Fsp3) is 0.524. The molecule has 2 aliphatic rings. The first-order valence-electron chi connectivity index (χ1n) is 10.2. The van der Waals surface area contributed by atoms with Crippen LogP contribution in [0.25, 0.3) is 0 Å². The van der Waals surface area contributed by atoms with E-state index in [1.807, 2.05) is 30.9 Å². The standard InChI is InChI=1S/C21H27N3O5S/c1-15-20(16(2)29-22-15)13-28-19-5-3-4-17(12-19)21(25)24-9-7-23(8-10-24)18-6-11-30(26,27)14-18/h3-5,12,18H,6-11,13-14H2,1-2H3/t18-/m0/s1. The van der Waals surface area contributed by atoms with Gasteiger partial charge < -0.3 is 14.2 Å². The molecule has 0 radical (unpaired) electrons. The largest absolute Gasteiger partial charge is 0.489 e. The van der Waals surface area contributed by atoms with Crippen LogP contribution in [0.4, 0.5) is 0 Å². The lowest BCUT2D eigenvalue weighted by molar-refractivity contribution is 0.0587. The molecule has 1 aromatic heterocycles. The molecule has 2 fully saturated rings. The van der Waals surface area contributed by atoms with Gasteiger partial charge in [0.25, 0.3) is 5.91 Å². The van der Waals surface area contributed by atoms with E-state index < -0.39 is 9.84 Å². The Morgan fingerprint density at radius 1 is 1.23 bits per heavy atom. The molecule has 162 valence electrons. The summed E-state index contributed by atoms with van der Waals surface area (Å²) in [4.78, 5) is 17.0. The summed E-state index contributed by atoms with van der Waals surface area (Å²) in [6.07, 6.45) is 0.695. The number of carbonyl (C=O) groups excluding carboxylic acids is 1. The van der Waals surface area contributed by atoms with E-state index in [1.165, 1.54) is 0 Å². The van der Waals surface area contributed by atoms with Gasteiger partial charge in [0, 0.05) is 37.8 Å². The molecule has 0 bridgehead atoms. The Balaban J connectivity index is 1.34. The van der Waals surface area contributed by atoms with Crippen LogP contribution in [0.3, 0.4) is 0 Å². The van der Waals surface area contributed by atoms with Crippen molar-refractivity contribution in [2.75, 3.05) is 37.7 Å². The summed E-state index contributed by atoms with van der Waals surface area (Å²) in [6, 6.07) is 7.29. The Labute approximate surface area is 176 Å². The third-order valence-corrected chi connectivity index (χ3v) is 7.72. The minimum Gasteiger partial charge on any atom is -0.489 e.